The fourth-order valence-corrected chi connectivity index (χ4v) is 3.38. The van der Waals surface area contributed by atoms with Crippen LogP contribution in [0.1, 0.15) is 11.7 Å². The van der Waals surface area contributed by atoms with Crippen LogP contribution in [-0.4, -0.2) is 63.8 Å². The number of ether oxygens (including phenoxy) is 1. The molecule has 1 amide bonds. The second-order valence-corrected chi connectivity index (χ2v) is 7.32. The van der Waals surface area contributed by atoms with Crippen molar-refractivity contribution < 1.29 is 19.0 Å². The summed E-state index contributed by atoms with van der Waals surface area (Å²) in [6, 6.07) is 13.3. The molecule has 2 heterocycles. The maximum atomic E-state index is 13.1. The SMILES string of the molecule is O=C(CNc1cccc(-c2cn(CC(O)c3ccc(F)cc3)nn2)c1)N1CCOCC1. The molecule has 4 rings (SSSR count). The Hall–Kier alpha value is -3.30. The molecule has 0 spiro atoms. The monoisotopic (exact) mass is 425 g/mol. The van der Waals surface area contributed by atoms with Gasteiger partial charge in [0.2, 0.25) is 5.91 Å². The number of nitrogens with one attached hydrogen (secondary N) is 1. The number of hydrogen-bond donors (Lipinski definition) is 2. The minimum atomic E-state index is -0.825. The predicted octanol–water partition coefficient (Wildman–Crippen LogP) is 2.09. The lowest BCUT2D eigenvalue weighted by Gasteiger charge is -2.27. The lowest BCUT2D eigenvalue weighted by Crippen LogP contribution is -2.43. The summed E-state index contributed by atoms with van der Waals surface area (Å²) in [4.78, 5) is 14.1. The highest BCUT2D eigenvalue weighted by Gasteiger charge is 2.16. The molecule has 1 aliphatic rings. The first-order valence-electron chi connectivity index (χ1n) is 10.1. The van der Waals surface area contributed by atoms with E-state index < -0.39 is 6.10 Å². The van der Waals surface area contributed by atoms with E-state index in [1.54, 1.807) is 27.9 Å². The number of aliphatic hydroxyl groups is 1. The van der Waals surface area contributed by atoms with E-state index in [4.69, 9.17) is 4.74 Å². The molecule has 31 heavy (non-hydrogen) atoms. The number of amides is 1. The summed E-state index contributed by atoms with van der Waals surface area (Å²) in [5.74, 6) is -0.312. The van der Waals surface area contributed by atoms with Gasteiger partial charge in [0.05, 0.1) is 38.6 Å². The van der Waals surface area contributed by atoms with E-state index in [9.17, 15) is 14.3 Å². The first kappa shape index (κ1) is 21.0. The summed E-state index contributed by atoms with van der Waals surface area (Å²) < 4.78 is 19.9. The van der Waals surface area contributed by atoms with Crippen LogP contribution < -0.4 is 5.32 Å². The van der Waals surface area contributed by atoms with Crippen molar-refractivity contribution in [2.45, 2.75) is 12.6 Å². The van der Waals surface area contributed by atoms with Gasteiger partial charge in [0.25, 0.3) is 0 Å². The Morgan fingerprint density at radius 3 is 2.74 bits per heavy atom. The topological polar surface area (TPSA) is 92.5 Å². The molecule has 0 aliphatic carbocycles. The van der Waals surface area contributed by atoms with Gasteiger partial charge in [-0.2, -0.15) is 0 Å². The quantitative estimate of drug-likeness (QED) is 0.602. The Labute approximate surface area is 179 Å². The molecule has 8 nitrogen and oxygen atoms in total. The number of aliphatic hydroxyl groups excluding tert-OH is 1. The Morgan fingerprint density at radius 2 is 1.97 bits per heavy atom. The van der Waals surface area contributed by atoms with Crippen LogP contribution in [-0.2, 0) is 16.1 Å². The number of aromatic nitrogens is 3. The second-order valence-electron chi connectivity index (χ2n) is 7.32. The first-order chi connectivity index (χ1) is 15.1. The zero-order valence-corrected chi connectivity index (χ0v) is 16.9. The summed E-state index contributed by atoms with van der Waals surface area (Å²) >= 11 is 0. The zero-order valence-electron chi connectivity index (χ0n) is 16.9. The summed E-state index contributed by atoms with van der Waals surface area (Å²) in [5.41, 5.74) is 2.90. The van der Waals surface area contributed by atoms with E-state index in [0.29, 0.717) is 37.6 Å². The van der Waals surface area contributed by atoms with E-state index >= 15 is 0 Å². The molecule has 1 fully saturated rings. The van der Waals surface area contributed by atoms with Crippen molar-refractivity contribution in [1.29, 1.82) is 0 Å². The maximum absolute atomic E-state index is 13.1. The number of carbonyl (C=O) groups excluding carboxylic acids is 1. The first-order valence-corrected chi connectivity index (χ1v) is 10.1. The zero-order chi connectivity index (χ0) is 21.6. The van der Waals surface area contributed by atoms with Crippen LogP contribution in [0.25, 0.3) is 11.3 Å². The van der Waals surface area contributed by atoms with Gasteiger partial charge in [0.15, 0.2) is 0 Å². The summed E-state index contributed by atoms with van der Waals surface area (Å²) in [7, 11) is 0. The van der Waals surface area contributed by atoms with Gasteiger partial charge in [0.1, 0.15) is 11.5 Å². The molecule has 1 saturated heterocycles. The highest BCUT2D eigenvalue weighted by Crippen LogP contribution is 2.22. The summed E-state index contributed by atoms with van der Waals surface area (Å²) in [6.07, 6.45) is 0.916. The van der Waals surface area contributed by atoms with E-state index in [2.05, 4.69) is 15.6 Å². The maximum Gasteiger partial charge on any atom is 0.242 e. The molecular formula is C22H24FN5O3. The molecule has 1 aliphatic heterocycles. The van der Waals surface area contributed by atoms with Crippen molar-refractivity contribution in [2.24, 2.45) is 0 Å². The van der Waals surface area contributed by atoms with Gasteiger partial charge < -0.3 is 20.1 Å². The van der Waals surface area contributed by atoms with Gasteiger partial charge in [-0.15, -0.1) is 5.10 Å². The van der Waals surface area contributed by atoms with Crippen molar-refractivity contribution in [1.82, 2.24) is 19.9 Å². The van der Waals surface area contributed by atoms with Crippen molar-refractivity contribution in [2.75, 3.05) is 38.2 Å². The smallest absolute Gasteiger partial charge is 0.242 e. The van der Waals surface area contributed by atoms with Crippen LogP contribution in [0, 0.1) is 5.82 Å². The van der Waals surface area contributed by atoms with Gasteiger partial charge in [-0.3, -0.25) is 4.79 Å². The second kappa shape index (κ2) is 9.67. The predicted molar refractivity (Wildman–Crippen MR) is 113 cm³/mol. The largest absolute Gasteiger partial charge is 0.386 e. The van der Waals surface area contributed by atoms with Gasteiger partial charge in [-0.25, -0.2) is 9.07 Å². The van der Waals surface area contributed by atoms with Gasteiger partial charge >= 0.3 is 0 Å². The summed E-state index contributed by atoms with van der Waals surface area (Å²) in [6.45, 7) is 2.80. The molecular weight excluding hydrogens is 401 g/mol. The van der Waals surface area contributed by atoms with Gasteiger partial charge in [0, 0.05) is 24.3 Å². The average molecular weight is 425 g/mol. The third-order valence-corrected chi connectivity index (χ3v) is 5.12. The van der Waals surface area contributed by atoms with Crippen LogP contribution in [0.5, 0.6) is 0 Å². The molecule has 9 heteroatoms. The molecule has 1 unspecified atom stereocenters. The van der Waals surface area contributed by atoms with E-state index in [1.165, 1.54) is 12.1 Å². The molecule has 1 atom stereocenters. The Morgan fingerprint density at radius 1 is 1.19 bits per heavy atom. The van der Waals surface area contributed by atoms with E-state index in [0.717, 1.165) is 11.3 Å². The molecule has 0 bridgehead atoms. The number of rotatable bonds is 7. The Bertz CT molecular complexity index is 1020. The minimum absolute atomic E-state index is 0.0365. The fourth-order valence-electron chi connectivity index (χ4n) is 3.38. The third-order valence-electron chi connectivity index (χ3n) is 5.12. The average Bonchev–Trinajstić information content (AvgIpc) is 3.27. The van der Waals surface area contributed by atoms with Crippen LogP contribution in [0.3, 0.4) is 0 Å². The number of carbonyl (C=O) groups is 1. The van der Waals surface area contributed by atoms with Crippen molar-refractivity contribution in [3.8, 4) is 11.3 Å². The highest BCUT2D eigenvalue weighted by atomic mass is 19.1. The summed E-state index contributed by atoms with van der Waals surface area (Å²) in [5, 5.41) is 21.8. The molecule has 3 aromatic rings. The van der Waals surface area contributed by atoms with Gasteiger partial charge in [-0.1, -0.05) is 29.5 Å². The number of morpholine rings is 1. The Kier molecular flexibility index (Phi) is 6.54. The molecule has 2 aromatic carbocycles. The normalized spacial score (nSPS) is 15.0. The molecule has 2 N–H and O–H groups in total. The molecule has 1 aromatic heterocycles. The standard InChI is InChI=1S/C22H24FN5O3/c23-18-6-4-16(5-7-18)21(29)15-28-14-20(25-26-28)17-2-1-3-19(12-17)24-13-22(30)27-8-10-31-11-9-27/h1-7,12,14,21,24,29H,8-11,13,15H2. The minimum Gasteiger partial charge on any atom is -0.386 e. The number of anilines is 1. The van der Waals surface area contributed by atoms with Gasteiger partial charge in [-0.05, 0) is 29.8 Å². The highest BCUT2D eigenvalue weighted by molar-refractivity contribution is 5.81. The molecule has 0 radical (unpaired) electrons. The number of benzene rings is 2. The van der Waals surface area contributed by atoms with Crippen molar-refractivity contribution in [3.63, 3.8) is 0 Å². The van der Waals surface area contributed by atoms with Crippen LogP contribution in [0.4, 0.5) is 10.1 Å². The van der Waals surface area contributed by atoms with Crippen molar-refractivity contribution in [3.05, 3.63) is 66.1 Å². The number of halogens is 1. The third kappa shape index (κ3) is 5.44. The molecule has 0 saturated carbocycles. The van der Waals surface area contributed by atoms with Crippen LogP contribution in [0.15, 0.2) is 54.7 Å². The number of nitrogens with zero attached hydrogens (tertiary/aromatic N) is 4. The lowest BCUT2D eigenvalue weighted by atomic mass is 10.1. The van der Waals surface area contributed by atoms with Crippen LogP contribution >= 0.6 is 0 Å². The van der Waals surface area contributed by atoms with Crippen LogP contribution in [0.2, 0.25) is 0 Å². The molecule has 162 valence electrons. The lowest BCUT2D eigenvalue weighted by molar-refractivity contribution is -0.133. The number of hydrogen-bond acceptors (Lipinski definition) is 6. The van der Waals surface area contributed by atoms with E-state index in [1.807, 2.05) is 24.3 Å². The fraction of sp³-hybridized carbons (Fsp3) is 0.318. The van der Waals surface area contributed by atoms with E-state index in [-0.39, 0.29) is 24.8 Å². The van der Waals surface area contributed by atoms with Crippen molar-refractivity contribution >= 4 is 11.6 Å². The Balaban J connectivity index is 1.37.